The second kappa shape index (κ2) is 5.18. The molecule has 0 spiro atoms. The fourth-order valence-corrected chi connectivity index (χ4v) is 3.71. The van der Waals surface area contributed by atoms with Gasteiger partial charge in [-0.3, -0.25) is 4.79 Å². The van der Waals surface area contributed by atoms with Gasteiger partial charge in [-0.2, -0.15) is 0 Å². The average molecular weight is 303 g/mol. The predicted octanol–water partition coefficient (Wildman–Crippen LogP) is 2.19. The predicted molar refractivity (Wildman–Crippen MR) is 80.5 cm³/mol. The van der Waals surface area contributed by atoms with E-state index < -0.39 is 0 Å². The minimum absolute atomic E-state index is 0.127. The number of hydrogen-bond donors (Lipinski definition) is 0. The molecule has 0 N–H and O–H groups in total. The minimum atomic E-state index is 0.127. The van der Waals surface area contributed by atoms with E-state index in [-0.39, 0.29) is 11.8 Å². The van der Waals surface area contributed by atoms with Crippen molar-refractivity contribution in [3.05, 3.63) is 35.7 Å². The molecule has 0 aromatic carbocycles. The molecule has 6 heteroatoms. The molecule has 2 fully saturated rings. The van der Waals surface area contributed by atoms with Gasteiger partial charge in [-0.15, -0.1) is 11.3 Å². The Kier molecular flexibility index (Phi) is 3.18. The number of thiazole rings is 1. The summed E-state index contributed by atoms with van der Waals surface area (Å²) in [5, 5.41) is 3.05. The van der Waals surface area contributed by atoms with E-state index in [4.69, 9.17) is 4.42 Å². The van der Waals surface area contributed by atoms with E-state index in [2.05, 4.69) is 9.88 Å². The number of aromatic nitrogens is 1. The molecule has 2 aromatic heterocycles. The summed E-state index contributed by atoms with van der Waals surface area (Å²) < 4.78 is 5.41. The zero-order chi connectivity index (χ0) is 14.2. The van der Waals surface area contributed by atoms with Gasteiger partial charge in [0.25, 0.3) is 0 Å². The van der Waals surface area contributed by atoms with Crippen LogP contribution in [0, 0.1) is 5.92 Å². The van der Waals surface area contributed by atoms with Crippen molar-refractivity contribution in [3.63, 3.8) is 0 Å². The van der Waals surface area contributed by atoms with Crippen molar-refractivity contribution in [3.8, 4) is 0 Å². The molecule has 21 heavy (non-hydrogen) atoms. The van der Waals surface area contributed by atoms with Crippen molar-refractivity contribution in [1.29, 1.82) is 0 Å². The molecule has 4 rings (SSSR count). The lowest BCUT2D eigenvalue weighted by atomic mass is 10.2. The third-order valence-corrected chi connectivity index (χ3v) is 5.13. The summed E-state index contributed by atoms with van der Waals surface area (Å²) >= 11 is 1.66. The zero-order valence-corrected chi connectivity index (χ0v) is 12.5. The van der Waals surface area contributed by atoms with Crippen molar-refractivity contribution < 1.29 is 9.21 Å². The highest BCUT2D eigenvalue weighted by Gasteiger charge is 2.47. The van der Waals surface area contributed by atoms with Gasteiger partial charge in [-0.05, 0) is 18.6 Å². The minimum Gasteiger partial charge on any atom is -0.469 e. The molecule has 1 saturated carbocycles. The number of carbonyl (C=O) groups is 1. The molecule has 0 bridgehead atoms. The van der Waals surface area contributed by atoms with Crippen molar-refractivity contribution in [2.75, 3.05) is 31.1 Å². The molecule has 5 nitrogen and oxygen atoms in total. The molecule has 1 aliphatic carbocycles. The first-order valence-corrected chi connectivity index (χ1v) is 8.17. The Labute approximate surface area is 127 Å². The Balaban J connectivity index is 1.33. The van der Waals surface area contributed by atoms with E-state index in [1.807, 2.05) is 28.6 Å². The zero-order valence-electron chi connectivity index (χ0n) is 11.6. The van der Waals surface area contributed by atoms with Gasteiger partial charge in [0, 0.05) is 49.6 Å². The Morgan fingerprint density at radius 2 is 2.19 bits per heavy atom. The Morgan fingerprint density at radius 3 is 2.86 bits per heavy atom. The van der Waals surface area contributed by atoms with E-state index in [1.54, 1.807) is 17.6 Å². The third kappa shape index (κ3) is 2.44. The molecule has 2 atom stereocenters. The lowest BCUT2D eigenvalue weighted by Crippen LogP contribution is -2.49. The number of piperazine rings is 1. The molecule has 1 saturated heterocycles. The number of carbonyl (C=O) groups excluding carboxylic acids is 1. The van der Waals surface area contributed by atoms with Crippen molar-refractivity contribution >= 4 is 22.4 Å². The van der Waals surface area contributed by atoms with E-state index in [0.717, 1.165) is 43.5 Å². The van der Waals surface area contributed by atoms with Crippen molar-refractivity contribution in [2.45, 2.75) is 12.3 Å². The first-order valence-electron chi connectivity index (χ1n) is 7.29. The highest BCUT2D eigenvalue weighted by Crippen LogP contribution is 2.48. The fourth-order valence-electron chi connectivity index (χ4n) is 3.01. The molecule has 0 unspecified atom stereocenters. The standard InChI is InChI=1S/C15H17N3O2S/c19-14(12-10-11(12)13-2-1-8-20-13)17-4-6-18(7-5-17)15-16-3-9-21-15/h1-3,8-9,11-12H,4-7,10H2/t11-,12+/m1/s1. The van der Waals surface area contributed by atoms with Crippen molar-refractivity contribution in [1.82, 2.24) is 9.88 Å². The molecular formula is C15H17N3O2S. The largest absolute Gasteiger partial charge is 0.469 e. The summed E-state index contributed by atoms with van der Waals surface area (Å²) in [6.07, 6.45) is 4.44. The van der Waals surface area contributed by atoms with Crippen LogP contribution in [0.2, 0.25) is 0 Å². The van der Waals surface area contributed by atoms with Gasteiger partial charge < -0.3 is 14.2 Å². The number of furan rings is 1. The number of hydrogen-bond acceptors (Lipinski definition) is 5. The number of rotatable bonds is 3. The van der Waals surface area contributed by atoms with Crippen LogP contribution in [0.5, 0.6) is 0 Å². The van der Waals surface area contributed by atoms with E-state index in [9.17, 15) is 4.79 Å². The first kappa shape index (κ1) is 12.9. The third-order valence-electron chi connectivity index (χ3n) is 4.30. The van der Waals surface area contributed by atoms with Gasteiger partial charge in [-0.25, -0.2) is 4.98 Å². The SMILES string of the molecule is O=C([C@H]1C[C@H]1c1ccco1)N1CCN(c2nccs2)CC1. The average Bonchev–Trinajstić information content (AvgIpc) is 2.98. The van der Waals surface area contributed by atoms with Gasteiger partial charge in [0.15, 0.2) is 5.13 Å². The summed E-state index contributed by atoms with van der Waals surface area (Å²) in [5.74, 6) is 1.66. The molecular weight excluding hydrogens is 286 g/mol. The maximum Gasteiger partial charge on any atom is 0.226 e. The Hall–Kier alpha value is -1.82. The summed E-state index contributed by atoms with van der Waals surface area (Å²) in [6.45, 7) is 3.33. The van der Waals surface area contributed by atoms with Gasteiger partial charge in [0.05, 0.1) is 6.26 Å². The molecule has 3 heterocycles. The van der Waals surface area contributed by atoms with Crippen LogP contribution in [0.4, 0.5) is 5.13 Å². The quantitative estimate of drug-likeness (QED) is 0.872. The second-order valence-corrected chi connectivity index (χ2v) is 6.46. The van der Waals surface area contributed by atoms with Crippen LogP contribution in [0.1, 0.15) is 18.1 Å². The lowest BCUT2D eigenvalue weighted by Gasteiger charge is -2.34. The molecule has 110 valence electrons. The van der Waals surface area contributed by atoms with Crippen molar-refractivity contribution in [2.24, 2.45) is 5.92 Å². The maximum atomic E-state index is 12.5. The maximum absolute atomic E-state index is 12.5. The molecule has 2 aromatic rings. The molecule has 1 aliphatic heterocycles. The molecule has 0 radical (unpaired) electrons. The van der Waals surface area contributed by atoms with Gasteiger partial charge in [-0.1, -0.05) is 0 Å². The normalized spacial score (nSPS) is 25.1. The van der Waals surface area contributed by atoms with E-state index in [1.165, 1.54) is 0 Å². The van der Waals surface area contributed by atoms with Crippen LogP contribution in [-0.4, -0.2) is 42.0 Å². The number of amides is 1. The highest BCUT2D eigenvalue weighted by atomic mass is 32.1. The van der Waals surface area contributed by atoms with Crippen LogP contribution in [0.3, 0.4) is 0 Å². The van der Waals surface area contributed by atoms with E-state index in [0.29, 0.717) is 5.92 Å². The molecule has 2 aliphatic rings. The van der Waals surface area contributed by atoms with Gasteiger partial charge >= 0.3 is 0 Å². The first-order chi connectivity index (χ1) is 10.3. The highest BCUT2D eigenvalue weighted by molar-refractivity contribution is 7.13. The monoisotopic (exact) mass is 303 g/mol. The Morgan fingerprint density at radius 1 is 1.33 bits per heavy atom. The van der Waals surface area contributed by atoms with Crippen LogP contribution in [0.15, 0.2) is 34.4 Å². The van der Waals surface area contributed by atoms with Crippen LogP contribution >= 0.6 is 11.3 Å². The second-order valence-electron chi connectivity index (χ2n) is 5.59. The van der Waals surface area contributed by atoms with Crippen LogP contribution in [0.25, 0.3) is 0 Å². The van der Waals surface area contributed by atoms with Gasteiger partial charge in [0.1, 0.15) is 5.76 Å². The molecule has 1 amide bonds. The van der Waals surface area contributed by atoms with Crippen LogP contribution in [-0.2, 0) is 4.79 Å². The van der Waals surface area contributed by atoms with Gasteiger partial charge in [0.2, 0.25) is 5.91 Å². The lowest BCUT2D eigenvalue weighted by molar-refractivity contribution is -0.133. The fraction of sp³-hybridized carbons (Fsp3) is 0.467. The summed E-state index contributed by atoms with van der Waals surface area (Å²) in [7, 11) is 0. The topological polar surface area (TPSA) is 49.6 Å². The summed E-state index contributed by atoms with van der Waals surface area (Å²) in [5.41, 5.74) is 0. The smallest absolute Gasteiger partial charge is 0.226 e. The van der Waals surface area contributed by atoms with E-state index >= 15 is 0 Å². The van der Waals surface area contributed by atoms with Crippen LogP contribution < -0.4 is 4.90 Å². The summed E-state index contributed by atoms with van der Waals surface area (Å²) in [4.78, 5) is 21.1. The summed E-state index contributed by atoms with van der Waals surface area (Å²) in [6, 6.07) is 3.86. The Bertz CT molecular complexity index is 603. The number of nitrogens with zero attached hydrogens (tertiary/aromatic N) is 3. The number of anilines is 1.